The maximum Gasteiger partial charge on any atom is 0.416 e. The molecule has 2 heterocycles. The Morgan fingerprint density at radius 2 is 1.88 bits per heavy atom. The standard InChI is InChI=1S/C23H18ClF4N3O/c1-13-9-15(23(26,27)28)11-21(29-13)31-18-6-4-3-5-14(18)10-20(31)22(32)30(2)19-12-16(24)7-8-17(19)25/h3-9,11-12,20H,10H2,1-2H3/t20-/m0/s1. The van der Waals surface area contributed by atoms with Gasteiger partial charge < -0.3 is 9.80 Å². The molecule has 1 amide bonds. The minimum absolute atomic E-state index is 0.000547. The summed E-state index contributed by atoms with van der Waals surface area (Å²) in [5.74, 6) is -1.14. The third-order valence-corrected chi connectivity index (χ3v) is 5.61. The molecule has 0 N–H and O–H groups in total. The van der Waals surface area contributed by atoms with E-state index in [1.54, 1.807) is 24.3 Å². The molecule has 9 heteroatoms. The van der Waals surface area contributed by atoms with Gasteiger partial charge in [0.15, 0.2) is 0 Å². The first kappa shape index (κ1) is 22.1. The first-order valence-corrected chi connectivity index (χ1v) is 10.1. The predicted octanol–water partition coefficient (Wildman–Crippen LogP) is 5.93. The summed E-state index contributed by atoms with van der Waals surface area (Å²) in [7, 11) is 1.41. The molecular weight excluding hydrogens is 446 g/mol. The molecule has 0 aliphatic carbocycles. The predicted molar refractivity (Wildman–Crippen MR) is 115 cm³/mol. The molecular formula is C23H18ClF4N3O. The highest BCUT2D eigenvalue weighted by molar-refractivity contribution is 6.31. The van der Waals surface area contributed by atoms with E-state index in [9.17, 15) is 22.4 Å². The summed E-state index contributed by atoms with van der Waals surface area (Å²) in [5, 5.41) is 0.253. The van der Waals surface area contributed by atoms with E-state index in [4.69, 9.17) is 11.6 Å². The van der Waals surface area contributed by atoms with Crippen LogP contribution in [0.5, 0.6) is 0 Å². The minimum atomic E-state index is -4.57. The van der Waals surface area contributed by atoms with Crippen LogP contribution in [0.25, 0.3) is 0 Å². The third-order valence-electron chi connectivity index (χ3n) is 5.38. The quantitative estimate of drug-likeness (QED) is 0.452. The van der Waals surface area contributed by atoms with Crippen molar-refractivity contribution in [3.63, 3.8) is 0 Å². The highest BCUT2D eigenvalue weighted by Crippen LogP contribution is 2.41. The van der Waals surface area contributed by atoms with Crippen LogP contribution in [-0.4, -0.2) is 24.0 Å². The zero-order chi connectivity index (χ0) is 23.2. The molecule has 0 saturated heterocycles. The molecule has 0 fully saturated rings. The lowest BCUT2D eigenvalue weighted by Crippen LogP contribution is -2.45. The van der Waals surface area contributed by atoms with E-state index in [2.05, 4.69) is 4.98 Å². The van der Waals surface area contributed by atoms with Gasteiger partial charge in [0.25, 0.3) is 0 Å². The monoisotopic (exact) mass is 463 g/mol. The molecule has 0 unspecified atom stereocenters. The molecule has 4 rings (SSSR count). The van der Waals surface area contributed by atoms with Gasteiger partial charge in [0, 0.05) is 29.9 Å². The fourth-order valence-electron chi connectivity index (χ4n) is 3.89. The van der Waals surface area contributed by atoms with Crippen LogP contribution in [0.3, 0.4) is 0 Å². The molecule has 1 atom stereocenters. The molecule has 1 aliphatic rings. The van der Waals surface area contributed by atoms with E-state index < -0.39 is 29.5 Å². The smallest absolute Gasteiger partial charge is 0.313 e. The van der Waals surface area contributed by atoms with Gasteiger partial charge in [-0.15, -0.1) is 0 Å². The van der Waals surface area contributed by atoms with Crippen molar-refractivity contribution in [1.82, 2.24) is 4.98 Å². The summed E-state index contributed by atoms with van der Waals surface area (Å²) >= 11 is 5.97. The second-order valence-electron chi connectivity index (χ2n) is 7.56. The van der Waals surface area contributed by atoms with Gasteiger partial charge in [-0.1, -0.05) is 29.8 Å². The Morgan fingerprint density at radius 1 is 1.16 bits per heavy atom. The van der Waals surface area contributed by atoms with E-state index in [1.165, 1.54) is 31.0 Å². The number of benzene rings is 2. The number of halogens is 5. The second-order valence-corrected chi connectivity index (χ2v) is 8.00. The average Bonchev–Trinajstić information content (AvgIpc) is 3.13. The SMILES string of the molecule is Cc1cc(C(F)(F)F)cc(N2c3ccccc3C[C@H]2C(=O)N(C)c2cc(Cl)ccc2F)n1. The van der Waals surface area contributed by atoms with E-state index in [1.807, 2.05) is 0 Å². The number of nitrogens with zero attached hydrogens (tertiary/aromatic N) is 3. The van der Waals surface area contributed by atoms with Gasteiger partial charge >= 0.3 is 6.18 Å². The number of para-hydroxylation sites is 1. The summed E-state index contributed by atoms with van der Waals surface area (Å²) in [4.78, 5) is 20.4. The number of rotatable bonds is 3. The number of alkyl halides is 3. The summed E-state index contributed by atoms with van der Waals surface area (Å²) in [6, 6.07) is 11.9. The van der Waals surface area contributed by atoms with Crippen LogP contribution >= 0.6 is 11.6 Å². The van der Waals surface area contributed by atoms with Crippen LogP contribution in [0.2, 0.25) is 5.02 Å². The minimum Gasteiger partial charge on any atom is -0.313 e. The highest BCUT2D eigenvalue weighted by atomic mass is 35.5. The number of amides is 1. The van der Waals surface area contributed by atoms with Gasteiger partial charge in [0.1, 0.15) is 17.7 Å². The van der Waals surface area contributed by atoms with Crippen molar-refractivity contribution in [2.24, 2.45) is 0 Å². The summed E-state index contributed by atoms with van der Waals surface area (Å²) < 4.78 is 54.7. The number of likely N-dealkylation sites (N-methyl/N-ethyl adjacent to an activating group) is 1. The first-order chi connectivity index (χ1) is 15.1. The lowest BCUT2D eigenvalue weighted by Gasteiger charge is -2.30. The summed E-state index contributed by atoms with van der Waals surface area (Å²) in [6.45, 7) is 1.46. The number of hydrogen-bond donors (Lipinski definition) is 0. The highest BCUT2D eigenvalue weighted by Gasteiger charge is 2.40. The lowest BCUT2D eigenvalue weighted by molar-refractivity contribution is -0.137. The van der Waals surface area contributed by atoms with E-state index in [0.29, 0.717) is 5.69 Å². The van der Waals surface area contributed by atoms with E-state index in [0.717, 1.165) is 28.7 Å². The first-order valence-electron chi connectivity index (χ1n) is 9.72. The molecule has 0 bridgehead atoms. The zero-order valence-electron chi connectivity index (χ0n) is 17.1. The van der Waals surface area contributed by atoms with Gasteiger partial charge in [0.2, 0.25) is 5.91 Å². The number of carbonyl (C=O) groups is 1. The molecule has 0 saturated carbocycles. The number of anilines is 3. The molecule has 0 radical (unpaired) electrons. The summed E-state index contributed by atoms with van der Waals surface area (Å²) in [6.07, 6.45) is -4.33. The number of aryl methyl sites for hydroxylation is 1. The second kappa shape index (κ2) is 8.09. The topological polar surface area (TPSA) is 36.4 Å². The largest absolute Gasteiger partial charge is 0.416 e. The van der Waals surface area contributed by atoms with Crippen molar-refractivity contribution < 1.29 is 22.4 Å². The van der Waals surface area contributed by atoms with Crippen molar-refractivity contribution in [2.45, 2.75) is 25.6 Å². The molecule has 166 valence electrons. The number of fused-ring (bicyclic) bond motifs is 1. The fraction of sp³-hybridized carbons (Fsp3) is 0.217. The van der Waals surface area contributed by atoms with Crippen molar-refractivity contribution in [2.75, 3.05) is 16.8 Å². The normalized spacial score (nSPS) is 15.6. The van der Waals surface area contributed by atoms with Gasteiger partial charge in [-0.25, -0.2) is 9.37 Å². The maximum atomic E-state index is 14.4. The molecule has 0 spiro atoms. The van der Waals surface area contributed by atoms with Crippen molar-refractivity contribution in [3.05, 3.63) is 82.3 Å². The average molecular weight is 464 g/mol. The molecule has 4 nitrogen and oxygen atoms in total. The van der Waals surface area contributed by atoms with E-state index >= 15 is 0 Å². The van der Waals surface area contributed by atoms with Crippen LogP contribution in [-0.2, 0) is 17.4 Å². The van der Waals surface area contributed by atoms with Crippen molar-refractivity contribution >= 4 is 34.7 Å². The van der Waals surface area contributed by atoms with Crippen LogP contribution in [0.4, 0.5) is 34.8 Å². The Hall–Kier alpha value is -3.13. The van der Waals surface area contributed by atoms with Crippen LogP contribution in [0, 0.1) is 12.7 Å². The number of carbonyl (C=O) groups excluding carboxylic acids is 1. The van der Waals surface area contributed by atoms with Gasteiger partial charge in [-0.05, 0) is 48.9 Å². The molecule has 1 aromatic heterocycles. The third kappa shape index (κ3) is 4.02. The zero-order valence-corrected chi connectivity index (χ0v) is 17.9. The van der Waals surface area contributed by atoms with Crippen molar-refractivity contribution in [1.29, 1.82) is 0 Å². The number of pyridine rings is 1. The number of hydrogen-bond acceptors (Lipinski definition) is 3. The van der Waals surface area contributed by atoms with Gasteiger partial charge in [-0.2, -0.15) is 13.2 Å². The number of aromatic nitrogens is 1. The van der Waals surface area contributed by atoms with E-state index in [-0.39, 0.29) is 28.6 Å². The Balaban J connectivity index is 1.80. The molecule has 1 aliphatic heterocycles. The molecule has 3 aromatic rings. The van der Waals surface area contributed by atoms with Gasteiger partial charge in [-0.3, -0.25) is 4.79 Å². The maximum absolute atomic E-state index is 14.4. The van der Waals surface area contributed by atoms with Crippen LogP contribution < -0.4 is 9.80 Å². The Morgan fingerprint density at radius 3 is 2.59 bits per heavy atom. The lowest BCUT2D eigenvalue weighted by atomic mass is 10.1. The molecule has 32 heavy (non-hydrogen) atoms. The summed E-state index contributed by atoms with van der Waals surface area (Å²) in [5.41, 5.74) is 0.649. The van der Waals surface area contributed by atoms with Gasteiger partial charge in [0.05, 0.1) is 11.3 Å². The van der Waals surface area contributed by atoms with Crippen LogP contribution in [0.15, 0.2) is 54.6 Å². The Labute approximate surface area is 187 Å². The Bertz CT molecular complexity index is 1200. The fourth-order valence-corrected chi connectivity index (χ4v) is 4.06. The van der Waals surface area contributed by atoms with Crippen molar-refractivity contribution in [3.8, 4) is 0 Å². The molecule has 2 aromatic carbocycles. The Kier molecular flexibility index (Phi) is 5.58. The van der Waals surface area contributed by atoms with Crippen LogP contribution in [0.1, 0.15) is 16.8 Å².